The Morgan fingerprint density at radius 3 is 2.40 bits per heavy atom. The van der Waals surface area contributed by atoms with Gasteiger partial charge in [-0.25, -0.2) is 0 Å². The van der Waals surface area contributed by atoms with E-state index in [1.807, 2.05) is 12.1 Å². The van der Waals surface area contributed by atoms with Crippen molar-refractivity contribution in [3.8, 4) is 0 Å². The first kappa shape index (κ1) is 25.8. The molecule has 0 saturated heterocycles. The molecule has 0 spiro atoms. The van der Waals surface area contributed by atoms with Gasteiger partial charge in [-0.05, 0) is 104 Å². The van der Waals surface area contributed by atoms with E-state index in [1.165, 1.54) is 35.9 Å². The standard InChI is InChI=1S/C34H42N4O2/c1-21-31(26-8-4-5-9-28(26)36-21)32-27(33(32,2)3)14-30(40)38(19-22-7-6-10-35-18-22)20-29(39)37-34-15-23-11-24(16-34)13-25(12-23)17-34/h4-10,18,23-25,27,32,36H,11-17,19-20H2,1-3H3,(H,37,39)/t23?,24?,25?,27-,32-,34?/m0/s1. The highest BCUT2D eigenvalue weighted by atomic mass is 16.2. The van der Waals surface area contributed by atoms with Crippen LogP contribution in [0.1, 0.15) is 81.5 Å². The van der Waals surface area contributed by atoms with Gasteiger partial charge in [-0.2, -0.15) is 0 Å². The van der Waals surface area contributed by atoms with E-state index < -0.39 is 0 Å². The Balaban J connectivity index is 1.09. The van der Waals surface area contributed by atoms with Gasteiger partial charge in [-0.3, -0.25) is 14.6 Å². The molecule has 2 atom stereocenters. The van der Waals surface area contributed by atoms with E-state index in [-0.39, 0.29) is 35.2 Å². The molecule has 1 aromatic carbocycles. The van der Waals surface area contributed by atoms with Crippen LogP contribution in [0.25, 0.3) is 10.9 Å². The lowest BCUT2D eigenvalue weighted by molar-refractivity contribution is -0.139. The highest BCUT2D eigenvalue weighted by molar-refractivity contribution is 5.88. The second-order valence-corrected chi connectivity index (χ2v) is 14.2. The number of nitrogens with zero attached hydrogens (tertiary/aromatic N) is 2. The topological polar surface area (TPSA) is 78.1 Å². The summed E-state index contributed by atoms with van der Waals surface area (Å²) in [5.74, 6) is 2.90. The fourth-order valence-electron chi connectivity index (χ4n) is 9.43. The van der Waals surface area contributed by atoms with Gasteiger partial charge < -0.3 is 15.2 Å². The molecule has 4 bridgehead atoms. The normalized spacial score (nSPS) is 31.3. The van der Waals surface area contributed by atoms with Crippen molar-refractivity contribution in [2.24, 2.45) is 29.1 Å². The molecule has 2 amide bonds. The van der Waals surface area contributed by atoms with E-state index in [2.05, 4.69) is 60.3 Å². The SMILES string of the molecule is Cc1[nH]c2ccccc2c1[C@@H]1[C@H](CC(=O)N(CC(=O)NC23CC4CC(CC(C4)C2)C3)Cc2cccnc2)C1(C)C. The van der Waals surface area contributed by atoms with Crippen LogP contribution in [0, 0.1) is 36.0 Å². The van der Waals surface area contributed by atoms with Gasteiger partial charge in [0.15, 0.2) is 0 Å². The van der Waals surface area contributed by atoms with Gasteiger partial charge in [-0.15, -0.1) is 0 Å². The average molecular weight is 539 g/mol. The molecule has 2 heterocycles. The maximum Gasteiger partial charge on any atom is 0.240 e. The molecule has 0 aliphatic heterocycles. The molecule has 0 unspecified atom stereocenters. The summed E-state index contributed by atoms with van der Waals surface area (Å²) < 4.78 is 0. The lowest BCUT2D eigenvalue weighted by atomic mass is 9.53. The summed E-state index contributed by atoms with van der Waals surface area (Å²) in [5.41, 5.74) is 4.62. The van der Waals surface area contributed by atoms with Gasteiger partial charge in [0.25, 0.3) is 0 Å². The number of hydrogen-bond donors (Lipinski definition) is 2. The lowest BCUT2D eigenvalue weighted by Gasteiger charge is -2.57. The van der Waals surface area contributed by atoms with Crippen LogP contribution >= 0.6 is 0 Å². The molecule has 8 rings (SSSR count). The zero-order chi connectivity index (χ0) is 27.6. The quantitative estimate of drug-likeness (QED) is 0.363. The molecule has 5 fully saturated rings. The highest BCUT2D eigenvalue weighted by Crippen LogP contribution is 2.67. The second kappa shape index (κ2) is 9.46. The predicted molar refractivity (Wildman–Crippen MR) is 156 cm³/mol. The van der Waals surface area contributed by atoms with E-state index in [4.69, 9.17) is 0 Å². The first-order valence-electron chi connectivity index (χ1n) is 15.3. The van der Waals surface area contributed by atoms with Gasteiger partial charge in [0.2, 0.25) is 11.8 Å². The molecule has 6 nitrogen and oxygen atoms in total. The lowest BCUT2D eigenvalue weighted by Crippen LogP contribution is -2.61. The summed E-state index contributed by atoms with van der Waals surface area (Å²) in [6, 6.07) is 12.3. The van der Waals surface area contributed by atoms with Gasteiger partial charge in [-0.1, -0.05) is 38.1 Å². The van der Waals surface area contributed by atoms with Gasteiger partial charge in [0.1, 0.15) is 0 Å². The first-order valence-corrected chi connectivity index (χ1v) is 15.3. The fraction of sp³-hybridized carbons (Fsp3) is 0.559. The van der Waals surface area contributed by atoms with Gasteiger partial charge in [0.05, 0.1) is 6.54 Å². The molecule has 3 aromatic rings. The zero-order valence-corrected chi connectivity index (χ0v) is 24.1. The Hall–Kier alpha value is -3.15. The number of carbonyl (C=O) groups excluding carboxylic acids is 2. The van der Waals surface area contributed by atoms with E-state index in [0.717, 1.165) is 48.1 Å². The van der Waals surface area contributed by atoms with Crippen molar-refractivity contribution in [1.82, 2.24) is 20.2 Å². The van der Waals surface area contributed by atoms with Crippen LogP contribution in [0.5, 0.6) is 0 Å². The Labute approximate surface area is 237 Å². The number of benzene rings is 1. The largest absolute Gasteiger partial charge is 0.358 e. The number of hydrogen-bond acceptors (Lipinski definition) is 3. The number of fused-ring (bicyclic) bond motifs is 1. The van der Waals surface area contributed by atoms with Crippen molar-refractivity contribution in [3.05, 3.63) is 65.6 Å². The highest BCUT2D eigenvalue weighted by Gasteiger charge is 2.60. The maximum atomic E-state index is 14.0. The molecule has 0 radical (unpaired) electrons. The zero-order valence-electron chi connectivity index (χ0n) is 24.1. The minimum absolute atomic E-state index is 0.00160. The number of aryl methyl sites for hydroxylation is 1. The molecule has 2 aromatic heterocycles. The van der Waals surface area contributed by atoms with E-state index in [0.29, 0.717) is 18.9 Å². The minimum atomic E-state index is -0.0503. The molecule has 5 aliphatic carbocycles. The molecule has 210 valence electrons. The number of pyridine rings is 1. The molecular weight excluding hydrogens is 496 g/mol. The van der Waals surface area contributed by atoms with Crippen LogP contribution < -0.4 is 5.32 Å². The summed E-state index contributed by atoms with van der Waals surface area (Å²) in [5, 5.41) is 4.75. The molecule has 40 heavy (non-hydrogen) atoms. The van der Waals surface area contributed by atoms with Crippen LogP contribution in [0.4, 0.5) is 0 Å². The summed E-state index contributed by atoms with van der Waals surface area (Å²) in [6.07, 6.45) is 11.4. The van der Waals surface area contributed by atoms with E-state index >= 15 is 0 Å². The third kappa shape index (κ3) is 4.53. The Morgan fingerprint density at radius 1 is 1.02 bits per heavy atom. The van der Waals surface area contributed by atoms with Crippen molar-refractivity contribution in [2.75, 3.05) is 6.54 Å². The Bertz CT molecular complexity index is 1410. The van der Waals surface area contributed by atoms with Crippen molar-refractivity contribution >= 4 is 22.7 Å². The van der Waals surface area contributed by atoms with Crippen molar-refractivity contribution in [3.63, 3.8) is 0 Å². The second-order valence-electron chi connectivity index (χ2n) is 14.2. The number of aromatic nitrogens is 2. The Morgan fingerprint density at radius 2 is 1.73 bits per heavy atom. The van der Waals surface area contributed by atoms with Gasteiger partial charge >= 0.3 is 0 Å². The van der Waals surface area contributed by atoms with Crippen molar-refractivity contribution in [2.45, 2.75) is 83.7 Å². The van der Waals surface area contributed by atoms with Crippen LogP contribution in [-0.2, 0) is 16.1 Å². The minimum Gasteiger partial charge on any atom is -0.358 e. The van der Waals surface area contributed by atoms with Crippen molar-refractivity contribution < 1.29 is 9.59 Å². The first-order chi connectivity index (χ1) is 19.2. The van der Waals surface area contributed by atoms with Crippen LogP contribution in [0.2, 0.25) is 0 Å². The monoisotopic (exact) mass is 538 g/mol. The summed E-state index contributed by atoms with van der Waals surface area (Å²) in [7, 11) is 0. The predicted octanol–water partition coefficient (Wildman–Crippen LogP) is 6.11. The van der Waals surface area contributed by atoms with Crippen LogP contribution in [0.15, 0.2) is 48.8 Å². The number of para-hydroxylation sites is 1. The number of nitrogens with one attached hydrogen (secondary N) is 2. The molecular formula is C34H42N4O2. The number of rotatable bonds is 8. The van der Waals surface area contributed by atoms with Crippen LogP contribution in [-0.4, -0.2) is 38.8 Å². The summed E-state index contributed by atoms with van der Waals surface area (Å²) in [6.45, 7) is 7.22. The van der Waals surface area contributed by atoms with E-state index in [1.54, 1.807) is 17.3 Å². The molecule has 6 heteroatoms. The number of H-pyrrole nitrogens is 1. The summed E-state index contributed by atoms with van der Waals surface area (Å²) in [4.78, 5) is 37.1. The summed E-state index contributed by atoms with van der Waals surface area (Å²) >= 11 is 0. The average Bonchev–Trinajstić information content (AvgIpc) is 3.24. The molecule has 5 aliphatic rings. The number of aromatic amines is 1. The molecule has 5 saturated carbocycles. The third-order valence-electron chi connectivity index (χ3n) is 10.9. The maximum absolute atomic E-state index is 14.0. The molecule has 2 N–H and O–H groups in total. The van der Waals surface area contributed by atoms with Crippen molar-refractivity contribution in [1.29, 1.82) is 0 Å². The number of amides is 2. The van der Waals surface area contributed by atoms with Gasteiger partial charge in [0, 0.05) is 47.5 Å². The fourth-order valence-corrected chi connectivity index (χ4v) is 9.43. The Kier molecular flexibility index (Phi) is 6.10. The third-order valence-corrected chi connectivity index (χ3v) is 10.9. The van der Waals surface area contributed by atoms with E-state index in [9.17, 15) is 9.59 Å². The smallest absolute Gasteiger partial charge is 0.240 e. The van der Waals surface area contributed by atoms with Crippen LogP contribution in [0.3, 0.4) is 0 Å². The number of carbonyl (C=O) groups is 2.